The number of methoxy groups -OCH3 is 1. The summed E-state index contributed by atoms with van der Waals surface area (Å²) >= 11 is 0.803. The van der Waals surface area contributed by atoms with Crippen LogP contribution in [0.25, 0.3) is 16.8 Å². The third-order valence-corrected chi connectivity index (χ3v) is 7.48. The largest absolute Gasteiger partial charge is 0.493 e. The summed E-state index contributed by atoms with van der Waals surface area (Å²) in [5, 5.41) is 4.51. The van der Waals surface area contributed by atoms with Gasteiger partial charge >= 0.3 is 0 Å². The van der Waals surface area contributed by atoms with Crippen LogP contribution in [-0.4, -0.2) is 35.6 Å². The molecule has 1 N–H and O–H groups in total. The van der Waals surface area contributed by atoms with Gasteiger partial charge in [-0.1, -0.05) is 67.6 Å². The van der Waals surface area contributed by atoms with Gasteiger partial charge in [-0.2, -0.15) is 0 Å². The number of ether oxygens (including phenoxy) is 2. The summed E-state index contributed by atoms with van der Waals surface area (Å²) in [5.41, 5.74) is 3.48. The molecule has 1 fully saturated rings. The molecule has 1 saturated heterocycles. The fraction of sp³-hybridized carbons (Fsp3) is 0.156. The fourth-order valence-electron chi connectivity index (χ4n) is 4.42. The molecule has 0 spiro atoms. The van der Waals surface area contributed by atoms with Crippen molar-refractivity contribution in [1.29, 1.82) is 0 Å². The van der Waals surface area contributed by atoms with E-state index >= 15 is 0 Å². The molecule has 1 aliphatic heterocycles. The normalized spacial score (nSPS) is 14.2. The van der Waals surface area contributed by atoms with E-state index in [9.17, 15) is 14.4 Å². The first-order chi connectivity index (χ1) is 19.4. The third kappa shape index (κ3) is 6.02. The third-order valence-electron chi connectivity index (χ3n) is 6.57. The van der Waals surface area contributed by atoms with Crippen LogP contribution in [0.2, 0.25) is 0 Å². The zero-order valence-corrected chi connectivity index (χ0v) is 23.0. The van der Waals surface area contributed by atoms with Gasteiger partial charge in [0.05, 0.1) is 12.0 Å². The maximum absolute atomic E-state index is 13.0. The van der Waals surface area contributed by atoms with E-state index in [-0.39, 0.29) is 11.4 Å². The molecule has 0 unspecified atom stereocenters. The molecule has 40 heavy (non-hydrogen) atoms. The van der Waals surface area contributed by atoms with Gasteiger partial charge in [-0.25, -0.2) is 0 Å². The van der Waals surface area contributed by atoms with Crippen LogP contribution in [0.15, 0.2) is 89.8 Å². The minimum Gasteiger partial charge on any atom is -0.493 e. The van der Waals surface area contributed by atoms with Crippen molar-refractivity contribution in [2.24, 2.45) is 0 Å². The highest BCUT2D eigenvalue weighted by Gasteiger charge is 2.36. The molecule has 4 aromatic carbocycles. The summed E-state index contributed by atoms with van der Waals surface area (Å²) in [6.07, 6.45) is 2.51. The smallest absolute Gasteiger partial charge is 0.294 e. The zero-order chi connectivity index (χ0) is 28.1. The maximum Gasteiger partial charge on any atom is 0.294 e. The number of anilines is 1. The van der Waals surface area contributed by atoms with Crippen molar-refractivity contribution in [3.63, 3.8) is 0 Å². The number of imide groups is 1. The standard InChI is InChI=1S/C32H28N2O5S/c1-3-21-11-14-25(15-12-21)33-30(35)19-34-31(36)29(40-32(34)37)18-22-13-16-27(28(17-22)38-2)39-20-24-9-6-8-23-7-4-5-10-26(23)24/h4-18H,3,19-20H2,1-2H3,(H,33,35)/b29-18+. The number of carbonyl (C=O) groups is 3. The molecule has 0 aromatic heterocycles. The van der Waals surface area contributed by atoms with Gasteiger partial charge < -0.3 is 14.8 Å². The highest BCUT2D eigenvalue weighted by molar-refractivity contribution is 8.18. The van der Waals surface area contributed by atoms with Crippen LogP contribution in [0.4, 0.5) is 10.5 Å². The number of carbonyl (C=O) groups excluding carboxylic acids is 3. The van der Waals surface area contributed by atoms with Crippen molar-refractivity contribution >= 4 is 51.4 Å². The maximum atomic E-state index is 13.0. The molecule has 8 heteroatoms. The van der Waals surface area contributed by atoms with Crippen LogP contribution >= 0.6 is 11.8 Å². The van der Waals surface area contributed by atoms with Crippen molar-refractivity contribution in [3.05, 3.63) is 107 Å². The molecule has 7 nitrogen and oxygen atoms in total. The summed E-state index contributed by atoms with van der Waals surface area (Å²) in [5.74, 6) is 0.106. The van der Waals surface area contributed by atoms with E-state index in [0.29, 0.717) is 29.4 Å². The zero-order valence-electron chi connectivity index (χ0n) is 22.2. The monoisotopic (exact) mass is 552 g/mol. The van der Waals surface area contributed by atoms with Gasteiger partial charge in [0, 0.05) is 5.69 Å². The van der Waals surface area contributed by atoms with Crippen molar-refractivity contribution < 1.29 is 23.9 Å². The second-order valence-corrected chi connectivity index (χ2v) is 10.2. The first-order valence-corrected chi connectivity index (χ1v) is 13.7. The first kappa shape index (κ1) is 27.0. The van der Waals surface area contributed by atoms with Crippen molar-refractivity contribution in [2.45, 2.75) is 20.0 Å². The van der Waals surface area contributed by atoms with E-state index in [1.165, 1.54) is 0 Å². The Morgan fingerprint density at radius 3 is 2.50 bits per heavy atom. The lowest BCUT2D eigenvalue weighted by Gasteiger charge is -2.13. The first-order valence-electron chi connectivity index (χ1n) is 12.9. The predicted octanol–water partition coefficient (Wildman–Crippen LogP) is 6.66. The lowest BCUT2D eigenvalue weighted by molar-refractivity contribution is -0.127. The number of amides is 3. The molecule has 0 atom stereocenters. The number of hydrogen-bond donors (Lipinski definition) is 1. The van der Waals surface area contributed by atoms with Gasteiger partial charge in [0.2, 0.25) is 5.91 Å². The molecule has 3 amide bonds. The van der Waals surface area contributed by atoms with E-state index < -0.39 is 17.1 Å². The van der Waals surface area contributed by atoms with Gasteiger partial charge in [0.25, 0.3) is 11.1 Å². The topological polar surface area (TPSA) is 84.9 Å². The van der Waals surface area contributed by atoms with Gasteiger partial charge in [0.1, 0.15) is 13.2 Å². The van der Waals surface area contributed by atoms with Gasteiger partial charge in [-0.05, 0) is 76.0 Å². The summed E-state index contributed by atoms with van der Waals surface area (Å²) in [7, 11) is 1.55. The lowest BCUT2D eigenvalue weighted by Crippen LogP contribution is -2.36. The minimum absolute atomic E-state index is 0.233. The lowest BCUT2D eigenvalue weighted by atomic mass is 10.1. The van der Waals surface area contributed by atoms with E-state index in [4.69, 9.17) is 9.47 Å². The number of benzene rings is 4. The van der Waals surface area contributed by atoms with Crippen LogP contribution in [0.1, 0.15) is 23.6 Å². The molecule has 0 aliphatic carbocycles. The Morgan fingerprint density at radius 1 is 0.950 bits per heavy atom. The Hall–Kier alpha value is -4.56. The minimum atomic E-state index is -0.512. The van der Waals surface area contributed by atoms with Crippen LogP contribution in [-0.2, 0) is 22.6 Å². The van der Waals surface area contributed by atoms with Crippen molar-refractivity contribution in [2.75, 3.05) is 19.0 Å². The van der Waals surface area contributed by atoms with E-state index in [1.807, 2.05) is 43.3 Å². The number of aryl methyl sites for hydroxylation is 1. The highest BCUT2D eigenvalue weighted by Crippen LogP contribution is 2.35. The average Bonchev–Trinajstić information content (AvgIpc) is 3.23. The summed E-state index contributed by atoms with van der Waals surface area (Å²) in [6, 6.07) is 27.0. The van der Waals surface area contributed by atoms with Crippen molar-refractivity contribution in [1.82, 2.24) is 4.90 Å². The van der Waals surface area contributed by atoms with Crippen LogP contribution in [0.5, 0.6) is 11.5 Å². The number of thioether (sulfide) groups is 1. The van der Waals surface area contributed by atoms with Gasteiger partial charge in [-0.3, -0.25) is 19.3 Å². The fourth-order valence-corrected chi connectivity index (χ4v) is 5.26. The molecule has 0 radical (unpaired) electrons. The Kier molecular flexibility index (Phi) is 8.17. The van der Waals surface area contributed by atoms with Crippen LogP contribution < -0.4 is 14.8 Å². The number of rotatable bonds is 9. The molecular weight excluding hydrogens is 524 g/mol. The van der Waals surface area contributed by atoms with Crippen LogP contribution in [0.3, 0.4) is 0 Å². The summed E-state index contributed by atoms with van der Waals surface area (Å²) < 4.78 is 11.6. The van der Waals surface area contributed by atoms with E-state index in [0.717, 1.165) is 45.0 Å². The number of nitrogens with one attached hydrogen (secondary N) is 1. The van der Waals surface area contributed by atoms with Gasteiger partial charge in [-0.15, -0.1) is 0 Å². The molecule has 0 bridgehead atoms. The Balaban J connectivity index is 1.25. The Labute approximate surface area is 236 Å². The molecule has 1 heterocycles. The number of hydrogen-bond acceptors (Lipinski definition) is 6. The number of nitrogens with zero attached hydrogens (tertiary/aromatic N) is 1. The Bertz CT molecular complexity index is 1610. The molecular formula is C32H28N2O5S. The molecule has 4 aromatic rings. The Morgan fingerprint density at radius 2 is 1.73 bits per heavy atom. The summed E-state index contributed by atoms with van der Waals surface area (Å²) in [4.78, 5) is 39.2. The molecule has 202 valence electrons. The van der Waals surface area contributed by atoms with Gasteiger partial charge in [0.15, 0.2) is 11.5 Å². The molecule has 5 rings (SSSR count). The van der Waals surface area contributed by atoms with Crippen molar-refractivity contribution in [3.8, 4) is 11.5 Å². The van der Waals surface area contributed by atoms with E-state index in [1.54, 1.807) is 43.5 Å². The quantitative estimate of drug-likeness (QED) is 0.234. The second kappa shape index (κ2) is 12.1. The van der Waals surface area contributed by atoms with Crippen LogP contribution in [0, 0.1) is 0 Å². The number of fused-ring (bicyclic) bond motifs is 1. The summed E-state index contributed by atoms with van der Waals surface area (Å²) in [6.45, 7) is 2.05. The SMILES string of the molecule is CCc1ccc(NC(=O)CN2C(=O)S/C(=C/c3ccc(OCc4cccc5ccccc45)c(OC)c3)C2=O)cc1. The second-order valence-electron chi connectivity index (χ2n) is 9.20. The predicted molar refractivity (Wildman–Crippen MR) is 158 cm³/mol. The average molecular weight is 553 g/mol. The molecule has 1 aliphatic rings. The highest BCUT2D eigenvalue weighted by atomic mass is 32.2. The van der Waals surface area contributed by atoms with E-state index in [2.05, 4.69) is 23.5 Å². The molecule has 0 saturated carbocycles.